The molecule has 0 spiro atoms. The summed E-state index contributed by atoms with van der Waals surface area (Å²) in [5.41, 5.74) is 1.80. The van der Waals surface area contributed by atoms with Gasteiger partial charge in [0.2, 0.25) is 21.8 Å². The summed E-state index contributed by atoms with van der Waals surface area (Å²) in [6.07, 6.45) is 3.31. The molecule has 1 fully saturated rings. The molecule has 1 heterocycles. The average molecular weight is 488 g/mol. The second-order valence-electron chi connectivity index (χ2n) is 9.27. The van der Waals surface area contributed by atoms with Gasteiger partial charge in [-0.05, 0) is 80.8 Å². The first-order chi connectivity index (χ1) is 16.2. The summed E-state index contributed by atoms with van der Waals surface area (Å²) in [6.45, 7) is 3.76. The quantitative estimate of drug-likeness (QED) is 0.647. The second kappa shape index (κ2) is 9.84. The first kappa shape index (κ1) is 24.3. The minimum absolute atomic E-state index is 0.00387. The molecule has 4 rings (SSSR count). The maximum Gasteiger partial charge on any atom is 0.240 e. The first-order valence-corrected chi connectivity index (χ1v) is 13.1. The molecule has 1 aliphatic carbocycles. The smallest absolute Gasteiger partial charge is 0.240 e. The monoisotopic (exact) mass is 487 g/mol. The molecule has 1 saturated carbocycles. The van der Waals surface area contributed by atoms with Gasteiger partial charge in [-0.15, -0.1) is 0 Å². The van der Waals surface area contributed by atoms with E-state index in [0.29, 0.717) is 38.6 Å². The molecule has 2 aliphatic rings. The van der Waals surface area contributed by atoms with Crippen molar-refractivity contribution in [2.24, 2.45) is 11.8 Å². The van der Waals surface area contributed by atoms with Crippen LogP contribution in [0.25, 0.3) is 0 Å². The molecule has 2 amide bonds. The molecule has 1 atom stereocenters. The van der Waals surface area contributed by atoms with E-state index in [4.69, 9.17) is 0 Å². The molecular weight excluding hydrogens is 457 g/mol. The lowest BCUT2D eigenvalue weighted by Gasteiger charge is -2.28. The number of fused-ring (bicyclic) bond motifs is 1. The fourth-order valence-electron chi connectivity index (χ4n) is 4.99. The maximum atomic E-state index is 13.8. The predicted octanol–water partition coefficient (Wildman–Crippen LogP) is 3.85. The number of sulfonamides is 1. The zero-order valence-corrected chi connectivity index (χ0v) is 20.2. The van der Waals surface area contributed by atoms with E-state index in [1.54, 1.807) is 35.2 Å². The minimum Gasteiger partial charge on any atom is -0.323 e. The Morgan fingerprint density at radius 2 is 1.79 bits per heavy atom. The van der Waals surface area contributed by atoms with Gasteiger partial charge in [-0.3, -0.25) is 9.59 Å². The summed E-state index contributed by atoms with van der Waals surface area (Å²) in [5.74, 6) is -0.798. The molecule has 0 saturated heterocycles. The molecular formula is C25H30FN3O4S. The van der Waals surface area contributed by atoms with Gasteiger partial charge in [0.1, 0.15) is 5.82 Å². The molecule has 7 nitrogen and oxygen atoms in total. The highest BCUT2D eigenvalue weighted by molar-refractivity contribution is 7.89. The van der Waals surface area contributed by atoms with Crippen molar-refractivity contribution < 1.29 is 22.4 Å². The van der Waals surface area contributed by atoms with Gasteiger partial charge in [-0.2, -0.15) is 0 Å². The van der Waals surface area contributed by atoms with E-state index in [-0.39, 0.29) is 40.3 Å². The number of benzene rings is 2. The number of carbonyl (C=O) groups excluding carboxylic acids is 2. The lowest BCUT2D eigenvalue weighted by molar-refractivity contribution is -0.121. The molecule has 0 radical (unpaired) electrons. The van der Waals surface area contributed by atoms with Crippen molar-refractivity contribution in [2.45, 2.75) is 56.9 Å². The summed E-state index contributed by atoms with van der Waals surface area (Å²) in [6, 6.07) is 11.0. The third kappa shape index (κ3) is 5.15. The standard InChI is InChI=1S/C25H30FN3O4S/c1-16-13-20-14-21(11-12-24(20)29(16)17(2)30)34(32,33)27-15-18-7-9-19(10-8-18)25(31)28-23-6-4-3-5-22(23)26/h3-6,11-12,14,16,18-19,27H,7-10,13,15H2,1-2H3,(H,28,31)/t16-,18?,19?/m1/s1. The van der Waals surface area contributed by atoms with Crippen molar-refractivity contribution in [2.75, 3.05) is 16.8 Å². The number of nitrogens with one attached hydrogen (secondary N) is 2. The lowest BCUT2D eigenvalue weighted by Crippen LogP contribution is -2.34. The Labute approximate surface area is 199 Å². The number of anilines is 2. The van der Waals surface area contributed by atoms with Gasteiger partial charge in [-0.25, -0.2) is 17.5 Å². The van der Waals surface area contributed by atoms with Gasteiger partial charge in [0.15, 0.2) is 0 Å². The van der Waals surface area contributed by atoms with Crippen molar-refractivity contribution in [1.29, 1.82) is 0 Å². The van der Waals surface area contributed by atoms with Crippen LogP contribution in [0.15, 0.2) is 47.4 Å². The van der Waals surface area contributed by atoms with E-state index >= 15 is 0 Å². The number of hydrogen-bond donors (Lipinski definition) is 2. The molecule has 0 aromatic heterocycles. The molecule has 182 valence electrons. The van der Waals surface area contributed by atoms with Crippen LogP contribution in [-0.2, 0) is 26.0 Å². The highest BCUT2D eigenvalue weighted by Gasteiger charge is 2.31. The number of halogens is 1. The van der Waals surface area contributed by atoms with Gasteiger partial charge < -0.3 is 10.2 Å². The normalized spacial score (nSPS) is 22.3. The summed E-state index contributed by atoms with van der Waals surface area (Å²) in [5, 5.41) is 2.66. The van der Waals surface area contributed by atoms with E-state index in [2.05, 4.69) is 10.0 Å². The molecule has 2 N–H and O–H groups in total. The van der Waals surface area contributed by atoms with Crippen molar-refractivity contribution in [3.8, 4) is 0 Å². The molecule has 1 aliphatic heterocycles. The number of amides is 2. The van der Waals surface area contributed by atoms with Crippen LogP contribution in [-0.4, -0.2) is 32.8 Å². The Morgan fingerprint density at radius 3 is 2.47 bits per heavy atom. The SMILES string of the molecule is CC(=O)N1c2ccc(S(=O)(=O)NCC3CCC(C(=O)Nc4ccccc4F)CC3)cc2C[C@H]1C. The van der Waals surface area contributed by atoms with E-state index in [0.717, 1.165) is 11.3 Å². The Bertz CT molecular complexity index is 1190. The van der Waals surface area contributed by atoms with Crippen LogP contribution in [0.3, 0.4) is 0 Å². The van der Waals surface area contributed by atoms with Crippen LogP contribution >= 0.6 is 0 Å². The summed E-state index contributed by atoms with van der Waals surface area (Å²) in [7, 11) is -3.69. The zero-order chi connectivity index (χ0) is 24.5. The first-order valence-electron chi connectivity index (χ1n) is 11.6. The molecule has 0 unspecified atom stereocenters. The highest BCUT2D eigenvalue weighted by Crippen LogP contribution is 2.34. The van der Waals surface area contributed by atoms with Crippen LogP contribution in [0.4, 0.5) is 15.8 Å². The third-order valence-corrected chi connectivity index (χ3v) is 8.25. The Balaban J connectivity index is 1.31. The maximum absolute atomic E-state index is 13.8. The topological polar surface area (TPSA) is 95.6 Å². The largest absolute Gasteiger partial charge is 0.323 e. The van der Waals surface area contributed by atoms with E-state index in [9.17, 15) is 22.4 Å². The number of nitrogens with zero attached hydrogens (tertiary/aromatic N) is 1. The number of para-hydroxylation sites is 1. The minimum atomic E-state index is -3.69. The van der Waals surface area contributed by atoms with Crippen LogP contribution in [0, 0.1) is 17.7 Å². The Hall–Kier alpha value is -2.78. The summed E-state index contributed by atoms with van der Waals surface area (Å²) >= 11 is 0. The molecule has 0 bridgehead atoms. The van der Waals surface area contributed by atoms with Crippen LogP contribution in [0.2, 0.25) is 0 Å². The second-order valence-corrected chi connectivity index (χ2v) is 11.0. The lowest BCUT2D eigenvalue weighted by atomic mass is 9.81. The fraction of sp³-hybridized carbons (Fsp3) is 0.440. The summed E-state index contributed by atoms with van der Waals surface area (Å²) < 4.78 is 42.3. The molecule has 2 aromatic carbocycles. The zero-order valence-electron chi connectivity index (χ0n) is 19.4. The van der Waals surface area contributed by atoms with Crippen molar-refractivity contribution in [1.82, 2.24) is 4.72 Å². The highest BCUT2D eigenvalue weighted by atomic mass is 32.2. The Morgan fingerprint density at radius 1 is 1.09 bits per heavy atom. The Kier molecular flexibility index (Phi) is 7.04. The van der Waals surface area contributed by atoms with Gasteiger partial charge in [0.25, 0.3) is 0 Å². The van der Waals surface area contributed by atoms with Gasteiger partial charge in [0.05, 0.1) is 10.6 Å². The van der Waals surface area contributed by atoms with Gasteiger partial charge in [-0.1, -0.05) is 12.1 Å². The van der Waals surface area contributed by atoms with Gasteiger partial charge >= 0.3 is 0 Å². The molecule has 9 heteroatoms. The fourth-order valence-corrected chi connectivity index (χ4v) is 6.16. The van der Waals surface area contributed by atoms with Crippen LogP contribution in [0.5, 0.6) is 0 Å². The van der Waals surface area contributed by atoms with Crippen LogP contribution < -0.4 is 14.9 Å². The number of carbonyl (C=O) groups is 2. The van der Waals surface area contributed by atoms with Crippen molar-refractivity contribution in [3.63, 3.8) is 0 Å². The van der Waals surface area contributed by atoms with E-state index in [1.165, 1.54) is 19.1 Å². The van der Waals surface area contributed by atoms with Gasteiger partial charge in [0, 0.05) is 31.1 Å². The predicted molar refractivity (Wildman–Crippen MR) is 128 cm³/mol. The number of hydrogen-bond acceptors (Lipinski definition) is 4. The van der Waals surface area contributed by atoms with Crippen molar-refractivity contribution in [3.05, 3.63) is 53.8 Å². The van der Waals surface area contributed by atoms with Crippen molar-refractivity contribution >= 4 is 33.2 Å². The molecule has 34 heavy (non-hydrogen) atoms. The van der Waals surface area contributed by atoms with Crippen LogP contribution in [0.1, 0.15) is 45.1 Å². The third-order valence-electron chi connectivity index (χ3n) is 6.83. The summed E-state index contributed by atoms with van der Waals surface area (Å²) in [4.78, 5) is 26.3. The van der Waals surface area contributed by atoms with E-state index < -0.39 is 15.8 Å². The average Bonchev–Trinajstić information content (AvgIpc) is 3.14. The molecule has 2 aromatic rings. The number of rotatable bonds is 6. The van der Waals surface area contributed by atoms with E-state index in [1.807, 2.05) is 6.92 Å².